The largest absolute Gasteiger partial charge is 0.295 e. The zero-order valence-electron chi connectivity index (χ0n) is 14.8. The first kappa shape index (κ1) is 16.2. The van der Waals surface area contributed by atoms with Gasteiger partial charge in [0, 0.05) is 16.9 Å². The van der Waals surface area contributed by atoms with E-state index < -0.39 is 0 Å². The number of benzene rings is 3. The van der Waals surface area contributed by atoms with E-state index in [9.17, 15) is 0 Å². The molecule has 0 radical (unpaired) electrons. The van der Waals surface area contributed by atoms with Crippen LogP contribution in [0.15, 0.2) is 97.2 Å². The van der Waals surface area contributed by atoms with Crippen LogP contribution in [0.5, 0.6) is 0 Å². The summed E-state index contributed by atoms with van der Waals surface area (Å²) in [5.41, 5.74) is 4.50. The molecule has 4 aromatic rings. The minimum atomic E-state index is 0.915. The summed E-state index contributed by atoms with van der Waals surface area (Å²) in [6, 6.07) is 31.2. The maximum atomic E-state index is 4.70. The highest BCUT2D eigenvalue weighted by atomic mass is 15.4. The normalized spacial score (nSPS) is 10.7. The summed E-state index contributed by atoms with van der Waals surface area (Å²) in [4.78, 5) is 2.28. The Bertz CT molecular complexity index is 921. The van der Waals surface area contributed by atoms with Crippen molar-refractivity contribution < 1.29 is 0 Å². The van der Waals surface area contributed by atoms with Crippen LogP contribution in [0.4, 0.5) is 17.2 Å². The molecule has 0 aliphatic heterocycles. The van der Waals surface area contributed by atoms with Crippen LogP contribution >= 0.6 is 0 Å². The van der Waals surface area contributed by atoms with Crippen molar-refractivity contribution in [2.45, 2.75) is 13.3 Å². The van der Waals surface area contributed by atoms with Crippen LogP contribution in [-0.4, -0.2) is 9.78 Å². The van der Waals surface area contributed by atoms with Crippen molar-refractivity contribution in [1.29, 1.82) is 0 Å². The molecule has 26 heavy (non-hydrogen) atoms. The first-order valence-corrected chi connectivity index (χ1v) is 8.91. The van der Waals surface area contributed by atoms with Gasteiger partial charge in [-0.1, -0.05) is 61.5 Å². The molecule has 0 aliphatic carbocycles. The molecule has 1 aromatic heterocycles. The Kier molecular flexibility index (Phi) is 4.52. The van der Waals surface area contributed by atoms with Gasteiger partial charge in [0.05, 0.1) is 11.9 Å². The highest BCUT2D eigenvalue weighted by Gasteiger charge is 2.21. The molecule has 0 saturated heterocycles. The summed E-state index contributed by atoms with van der Waals surface area (Å²) in [5.74, 6) is 1.08. The molecule has 0 unspecified atom stereocenters. The number of hydrogen-bond acceptors (Lipinski definition) is 2. The van der Waals surface area contributed by atoms with E-state index in [1.807, 2.05) is 41.2 Å². The maximum Gasteiger partial charge on any atom is 0.144 e. The Hall–Kier alpha value is -3.33. The van der Waals surface area contributed by atoms with Crippen molar-refractivity contribution in [1.82, 2.24) is 9.78 Å². The van der Waals surface area contributed by atoms with Crippen LogP contribution in [0.3, 0.4) is 0 Å². The third-order valence-corrected chi connectivity index (χ3v) is 4.44. The molecule has 3 heteroatoms. The van der Waals surface area contributed by atoms with E-state index in [1.165, 1.54) is 5.56 Å². The molecule has 0 bridgehead atoms. The zero-order chi connectivity index (χ0) is 17.8. The second kappa shape index (κ2) is 7.28. The summed E-state index contributed by atoms with van der Waals surface area (Å²) < 4.78 is 2.03. The van der Waals surface area contributed by atoms with Gasteiger partial charge in [0.2, 0.25) is 0 Å². The summed E-state index contributed by atoms with van der Waals surface area (Å²) in [6.45, 7) is 2.17. The third-order valence-electron chi connectivity index (χ3n) is 4.44. The molecular formula is C23H21N3. The minimum Gasteiger partial charge on any atom is -0.295 e. The molecule has 3 aromatic carbocycles. The predicted molar refractivity (Wildman–Crippen MR) is 108 cm³/mol. The van der Waals surface area contributed by atoms with Gasteiger partial charge in [0.25, 0.3) is 0 Å². The molecule has 0 atom stereocenters. The Morgan fingerprint density at radius 2 is 1.23 bits per heavy atom. The molecule has 0 amide bonds. The summed E-state index contributed by atoms with van der Waals surface area (Å²) in [6.07, 6.45) is 2.89. The number of para-hydroxylation sites is 3. The van der Waals surface area contributed by atoms with Crippen LogP contribution in [0.2, 0.25) is 0 Å². The quantitative estimate of drug-likeness (QED) is 0.451. The van der Waals surface area contributed by atoms with Crippen molar-refractivity contribution >= 4 is 17.2 Å². The molecule has 128 valence electrons. The molecular weight excluding hydrogens is 318 g/mol. The average molecular weight is 339 g/mol. The van der Waals surface area contributed by atoms with Gasteiger partial charge in [-0.2, -0.15) is 5.10 Å². The highest BCUT2D eigenvalue weighted by Crippen LogP contribution is 2.37. The summed E-state index contributed by atoms with van der Waals surface area (Å²) >= 11 is 0. The molecule has 0 aliphatic rings. The SMILES string of the molecule is CCc1cnn(-c2ccccc2)c1N(c1ccccc1)c1ccccc1. The first-order chi connectivity index (χ1) is 12.9. The highest BCUT2D eigenvalue weighted by molar-refractivity contribution is 5.77. The lowest BCUT2D eigenvalue weighted by Crippen LogP contribution is -2.16. The second-order valence-electron chi connectivity index (χ2n) is 6.10. The fourth-order valence-corrected chi connectivity index (χ4v) is 3.17. The van der Waals surface area contributed by atoms with E-state index >= 15 is 0 Å². The fourth-order valence-electron chi connectivity index (χ4n) is 3.17. The van der Waals surface area contributed by atoms with Crippen LogP contribution in [-0.2, 0) is 6.42 Å². The Labute approximate surface area is 154 Å². The molecule has 0 fully saturated rings. The number of rotatable bonds is 5. The van der Waals surface area contributed by atoms with Crippen molar-refractivity contribution in [3.05, 3.63) is 103 Å². The topological polar surface area (TPSA) is 21.1 Å². The van der Waals surface area contributed by atoms with Gasteiger partial charge in [0.1, 0.15) is 5.82 Å². The van der Waals surface area contributed by atoms with Crippen molar-refractivity contribution in [3.63, 3.8) is 0 Å². The first-order valence-electron chi connectivity index (χ1n) is 8.91. The smallest absolute Gasteiger partial charge is 0.144 e. The second-order valence-corrected chi connectivity index (χ2v) is 6.10. The van der Waals surface area contributed by atoms with Crippen LogP contribution < -0.4 is 4.90 Å². The summed E-state index contributed by atoms with van der Waals surface area (Å²) in [7, 11) is 0. The third kappa shape index (κ3) is 3.00. The number of aromatic nitrogens is 2. The minimum absolute atomic E-state index is 0.915. The lowest BCUT2D eigenvalue weighted by molar-refractivity contribution is 0.871. The number of nitrogens with zero attached hydrogens (tertiary/aromatic N) is 3. The number of anilines is 3. The molecule has 4 rings (SSSR count). The van der Waals surface area contributed by atoms with Crippen molar-refractivity contribution in [2.24, 2.45) is 0 Å². The average Bonchev–Trinajstić information content (AvgIpc) is 3.14. The molecule has 1 heterocycles. The van der Waals surface area contributed by atoms with Crippen molar-refractivity contribution in [3.8, 4) is 5.69 Å². The van der Waals surface area contributed by atoms with E-state index in [2.05, 4.69) is 72.5 Å². The van der Waals surface area contributed by atoms with Gasteiger partial charge in [-0.15, -0.1) is 0 Å². The molecule has 0 N–H and O–H groups in total. The zero-order valence-corrected chi connectivity index (χ0v) is 14.8. The molecule has 3 nitrogen and oxygen atoms in total. The number of hydrogen-bond donors (Lipinski definition) is 0. The van der Waals surface area contributed by atoms with Gasteiger partial charge in [-0.3, -0.25) is 4.90 Å². The Balaban J connectivity index is 1.96. The van der Waals surface area contributed by atoms with E-state index in [1.54, 1.807) is 0 Å². The molecule has 0 saturated carbocycles. The lowest BCUT2D eigenvalue weighted by atomic mass is 10.2. The van der Waals surface area contributed by atoms with Gasteiger partial charge in [-0.25, -0.2) is 4.68 Å². The Morgan fingerprint density at radius 3 is 1.73 bits per heavy atom. The van der Waals surface area contributed by atoms with E-state index in [-0.39, 0.29) is 0 Å². The van der Waals surface area contributed by atoms with Crippen LogP contribution in [0.1, 0.15) is 12.5 Å². The summed E-state index contributed by atoms with van der Waals surface area (Å²) in [5, 5.41) is 4.70. The number of aryl methyl sites for hydroxylation is 1. The van der Waals surface area contributed by atoms with Crippen LogP contribution in [0.25, 0.3) is 5.69 Å². The van der Waals surface area contributed by atoms with E-state index in [4.69, 9.17) is 5.10 Å². The van der Waals surface area contributed by atoms with E-state index in [0.717, 1.165) is 29.3 Å². The van der Waals surface area contributed by atoms with Gasteiger partial charge >= 0.3 is 0 Å². The van der Waals surface area contributed by atoms with Gasteiger partial charge in [-0.05, 0) is 42.8 Å². The van der Waals surface area contributed by atoms with E-state index in [0.29, 0.717) is 0 Å². The monoisotopic (exact) mass is 339 g/mol. The Morgan fingerprint density at radius 1 is 0.731 bits per heavy atom. The molecule has 0 spiro atoms. The van der Waals surface area contributed by atoms with Crippen molar-refractivity contribution in [2.75, 3.05) is 4.90 Å². The van der Waals surface area contributed by atoms with Gasteiger partial charge in [0.15, 0.2) is 0 Å². The lowest BCUT2D eigenvalue weighted by Gasteiger charge is -2.27. The van der Waals surface area contributed by atoms with Gasteiger partial charge < -0.3 is 0 Å². The fraction of sp³-hybridized carbons (Fsp3) is 0.0870. The standard InChI is InChI=1S/C23H21N3/c1-2-19-18-24-26(22-16-10-5-11-17-22)23(19)25(20-12-6-3-7-13-20)21-14-8-4-9-15-21/h3-18H,2H2,1H3. The van der Waals surface area contributed by atoms with Crippen LogP contribution in [0, 0.1) is 0 Å². The maximum absolute atomic E-state index is 4.70. The predicted octanol–water partition coefficient (Wildman–Crippen LogP) is 5.90.